The SMILES string of the molecule is CCCCC(CC)C(c1ccc(O)c(C(C)(C)C)c1)c1ccc(O)c(C(C)(C)C)c1. The van der Waals surface area contributed by atoms with Gasteiger partial charge in [0.05, 0.1) is 0 Å². The summed E-state index contributed by atoms with van der Waals surface area (Å²) in [6.45, 7) is 17.4. The average Bonchev–Trinajstić information content (AvgIpc) is 2.65. The Labute approximate surface area is 184 Å². The lowest BCUT2D eigenvalue weighted by atomic mass is 9.74. The van der Waals surface area contributed by atoms with Crippen molar-refractivity contribution < 1.29 is 10.2 Å². The largest absolute Gasteiger partial charge is 0.508 e. The van der Waals surface area contributed by atoms with Crippen LogP contribution in [0.5, 0.6) is 11.5 Å². The van der Waals surface area contributed by atoms with Gasteiger partial charge in [0.15, 0.2) is 0 Å². The quantitative estimate of drug-likeness (QED) is 0.485. The minimum atomic E-state index is -0.124. The summed E-state index contributed by atoms with van der Waals surface area (Å²) in [5.41, 5.74) is 4.25. The molecule has 30 heavy (non-hydrogen) atoms. The first-order valence-electron chi connectivity index (χ1n) is 11.6. The molecule has 0 aliphatic carbocycles. The van der Waals surface area contributed by atoms with Crippen molar-refractivity contribution in [1.29, 1.82) is 0 Å². The number of phenolic OH excluding ortho intramolecular Hbond substituents is 2. The highest BCUT2D eigenvalue weighted by atomic mass is 16.3. The van der Waals surface area contributed by atoms with E-state index < -0.39 is 0 Å². The molecule has 0 aliphatic heterocycles. The number of aromatic hydroxyl groups is 2. The molecule has 0 aliphatic rings. The lowest BCUT2D eigenvalue weighted by Gasteiger charge is -2.31. The molecular weight excluding hydrogens is 368 g/mol. The van der Waals surface area contributed by atoms with Crippen molar-refractivity contribution in [2.24, 2.45) is 5.92 Å². The maximum Gasteiger partial charge on any atom is 0.119 e. The summed E-state index contributed by atoms with van der Waals surface area (Å²) >= 11 is 0. The molecule has 1 unspecified atom stereocenters. The zero-order chi connectivity index (χ0) is 22.7. The number of benzene rings is 2. The molecule has 2 nitrogen and oxygen atoms in total. The van der Waals surface area contributed by atoms with Crippen molar-refractivity contribution in [3.05, 3.63) is 58.7 Å². The molecule has 2 aromatic rings. The summed E-state index contributed by atoms with van der Waals surface area (Å²) in [5.74, 6) is 1.49. The lowest BCUT2D eigenvalue weighted by Crippen LogP contribution is -2.18. The van der Waals surface area contributed by atoms with Crippen LogP contribution in [-0.2, 0) is 10.8 Å². The molecular formula is C28H42O2. The van der Waals surface area contributed by atoms with E-state index in [1.807, 2.05) is 12.1 Å². The van der Waals surface area contributed by atoms with Crippen LogP contribution >= 0.6 is 0 Å². The van der Waals surface area contributed by atoms with E-state index in [4.69, 9.17) is 0 Å². The Hall–Kier alpha value is -1.96. The van der Waals surface area contributed by atoms with Crippen molar-refractivity contribution >= 4 is 0 Å². The number of phenols is 2. The molecule has 0 aromatic heterocycles. The Morgan fingerprint density at radius 2 is 1.17 bits per heavy atom. The van der Waals surface area contributed by atoms with Crippen LogP contribution < -0.4 is 0 Å². The Bertz CT molecular complexity index is 773. The zero-order valence-corrected chi connectivity index (χ0v) is 20.3. The summed E-state index contributed by atoms with van der Waals surface area (Å²) in [4.78, 5) is 0. The van der Waals surface area contributed by atoms with Gasteiger partial charge in [-0.3, -0.25) is 0 Å². The maximum absolute atomic E-state index is 10.5. The molecule has 0 spiro atoms. The van der Waals surface area contributed by atoms with Crippen LogP contribution in [-0.4, -0.2) is 10.2 Å². The molecule has 0 saturated carbocycles. The second-order valence-electron chi connectivity index (χ2n) is 10.8. The Balaban J connectivity index is 2.69. The first kappa shape index (κ1) is 24.3. The van der Waals surface area contributed by atoms with Crippen LogP contribution in [0.4, 0.5) is 0 Å². The Morgan fingerprint density at radius 3 is 1.50 bits per heavy atom. The molecule has 0 amide bonds. The fourth-order valence-corrected chi connectivity index (χ4v) is 4.51. The van der Waals surface area contributed by atoms with Crippen LogP contribution in [0.2, 0.25) is 0 Å². The highest BCUT2D eigenvalue weighted by molar-refractivity contribution is 5.48. The third kappa shape index (κ3) is 5.59. The fraction of sp³-hybridized carbons (Fsp3) is 0.571. The van der Waals surface area contributed by atoms with Gasteiger partial charge in [-0.25, -0.2) is 0 Å². The van der Waals surface area contributed by atoms with Crippen molar-refractivity contribution in [3.63, 3.8) is 0 Å². The monoisotopic (exact) mass is 410 g/mol. The van der Waals surface area contributed by atoms with Gasteiger partial charge in [0.1, 0.15) is 11.5 Å². The molecule has 0 bridgehead atoms. The highest BCUT2D eigenvalue weighted by Gasteiger charge is 2.28. The second-order valence-corrected chi connectivity index (χ2v) is 10.8. The number of hydrogen-bond acceptors (Lipinski definition) is 2. The van der Waals surface area contributed by atoms with E-state index >= 15 is 0 Å². The van der Waals surface area contributed by atoms with Crippen molar-refractivity contribution in [3.8, 4) is 11.5 Å². The summed E-state index contributed by atoms with van der Waals surface area (Å²) in [6, 6.07) is 12.3. The molecule has 2 N–H and O–H groups in total. The van der Waals surface area contributed by atoms with Crippen LogP contribution in [0.1, 0.15) is 109 Å². The van der Waals surface area contributed by atoms with Crippen molar-refractivity contribution in [1.82, 2.24) is 0 Å². The molecule has 2 rings (SSSR count). The normalized spacial score (nSPS) is 13.6. The second kappa shape index (κ2) is 9.45. The van der Waals surface area contributed by atoms with Gasteiger partial charge in [-0.05, 0) is 57.6 Å². The summed E-state index contributed by atoms with van der Waals surface area (Å²) in [5, 5.41) is 21.0. The van der Waals surface area contributed by atoms with Crippen molar-refractivity contribution in [2.75, 3.05) is 0 Å². The first-order valence-corrected chi connectivity index (χ1v) is 11.6. The van der Waals surface area contributed by atoms with E-state index in [1.165, 1.54) is 30.4 Å². The number of rotatable bonds is 7. The molecule has 2 heteroatoms. The minimum Gasteiger partial charge on any atom is -0.508 e. The first-order chi connectivity index (χ1) is 13.9. The molecule has 0 saturated heterocycles. The van der Waals surface area contributed by atoms with Crippen LogP contribution in [0.15, 0.2) is 36.4 Å². The average molecular weight is 411 g/mol. The third-order valence-electron chi connectivity index (χ3n) is 6.30. The summed E-state index contributed by atoms with van der Waals surface area (Å²) in [6.07, 6.45) is 4.68. The van der Waals surface area contributed by atoms with Crippen LogP contribution in [0, 0.1) is 5.92 Å². The van der Waals surface area contributed by atoms with Crippen LogP contribution in [0.3, 0.4) is 0 Å². The topological polar surface area (TPSA) is 40.5 Å². The van der Waals surface area contributed by atoms with Gasteiger partial charge < -0.3 is 10.2 Å². The Kier molecular flexibility index (Phi) is 7.66. The number of unbranched alkanes of at least 4 members (excludes halogenated alkanes) is 1. The molecule has 2 aromatic carbocycles. The molecule has 1 atom stereocenters. The Morgan fingerprint density at radius 1 is 0.733 bits per heavy atom. The third-order valence-corrected chi connectivity index (χ3v) is 6.30. The van der Waals surface area contributed by atoms with E-state index in [2.05, 4.69) is 79.7 Å². The van der Waals surface area contributed by atoms with Crippen molar-refractivity contribution in [2.45, 2.75) is 97.8 Å². The summed E-state index contributed by atoms with van der Waals surface area (Å²) in [7, 11) is 0. The van der Waals surface area contributed by atoms with Gasteiger partial charge in [0.2, 0.25) is 0 Å². The lowest BCUT2D eigenvalue weighted by molar-refractivity contribution is 0.401. The molecule has 0 heterocycles. The minimum absolute atomic E-state index is 0.124. The smallest absolute Gasteiger partial charge is 0.119 e. The standard InChI is InChI=1S/C28H42O2/c1-9-11-12-19(10-2)26(20-13-15-24(29)22(17-20)27(3,4)5)21-14-16-25(30)23(18-21)28(6,7)8/h13-19,26,29-30H,9-12H2,1-8H3. The predicted octanol–water partition coefficient (Wildman–Crippen LogP) is 8.04. The highest BCUT2D eigenvalue weighted by Crippen LogP contribution is 2.42. The maximum atomic E-state index is 10.5. The molecule has 0 radical (unpaired) electrons. The van der Waals surface area contributed by atoms with Crippen LogP contribution in [0.25, 0.3) is 0 Å². The van der Waals surface area contributed by atoms with Gasteiger partial charge in [0.25, 0.3) is 0 Å². The predicted molar refractivity (Wildman–Crippen MR) is 129 cm³/mol. The molecule has 0 fully saturated rings. The van der Waals surface area contributed by atoms with E-state index in [1.54, 1.807) is 0 Å². The van der Waals surface area contributed by atoms with E-state index in [-0.39, 0.29) is 16.7 Å². The fourth-order valence-electron chi connectivity index (χ4n) is 4.51. The molecule has 166 valence electrons. The van der Waals surface area contributed by atoms with E-state index in [0.29, 0.717) is 17.4 Å². The van der Waals surface area contributed by atoms with E-state index in [0.717, 1.165) is 17.5 Å². The van der Waals surface area contributed by atoms with Gasteiger partial charge in [-0.2, -0.15) is 0 Å². The van der Waals surface area contributed by atoms with Gasteiger partial charge >= 0.3 is 0 Å². The zero-order valence-electron chi connectivity index (χ0n) is 20.3. The van der Waals surface area contributed by atoms with Gasteiger partial charge in [0, 0.05) is 5.92 Å². The van der Waals surface area contributed by atoms with Gasteiger partial charge in [-0.1, -0.05) is 98.9 Å². The van der Waals surface area contributed by atoms with Gasteiger partial charge in [-0.15, -0.1) is 0 Å². The van der Waals surface area contributed by atoms with E-state index in [9.17, 15) is 10.2 Å². The summed E-state index contributed by atoms with van der Waals surface area (Å²) < 4.78 is 0. The number of hydrogen-bond donors (Lipinski definition) is 2.